The lowest BCUT2D eigenvalue weighted by Gasteiger charge is -2.55. The van der Waals surface area contributed by atoms with E-state index in [2.05, 4.69) is 34.6 Å². The summed E-state index contributed by atoms with van der Waals surface area (Å²) < 4.78 is 0. The zero-order valence-corrected chi connectivity index (χ0v) is 8.65. The highest BCUT2D eigenvalue weighted by molar-refractivity contribution is 4.97. The standard InChI is InChI=1S/C11H22/c1-6-10-9(4)7-11(10,5)8(2)3/h8-10H,6-7H2,1-5H3. The Morgan fingerprint density at radius 3 is 2.18 bits per heavy atom. The van der Waals surface area contributed by atoms with Crippen molar-refractivity contribution in [2.45, 2.75) is 47.5 Å². The summed E-state index contributed by atoms with van der Waals surface area (Å²) >= 11 is 0. The van der Waals surface area contributed by atoms with Crippen molar-refractivity contribution in [3.05, 3.63) is 0 Å². The lowest BCUT2D eigenvalue weighted by Crippen LogP contribution is -2.47. The van der Waals surface area contributed by atoms with Crippen LogP contribution in [0.5, 0.6) is 0 Å². The molecule has 0 heterocycles. The van der Waals surface area contributed by atoms with Crippen molar-refractivity contribution in [1.29, 1.82) is 0 Å². The zero-order chi connectivity index (χ0) is 8.65. The maximum absolute atomic E-state index is 2.46. The van der Waals surface area contributed by atoms with Gasteiger partial charge in [0.05, 0.1) is 0 Å². The molecule has 0 N–H and O–H groups in total. The van der Waals surface area contributed by atoms with Crippen LogP contribution in [-0.2, 0) is 0 Å². The van der Waals surface area contributed by atoms with Gasteiger partial charge >= 0.3 is 0 Å². The van der Waals surface area contributed by atoms with Crippen LogP contribution in [-0.4, -0.2) is 0 Å². The molecule has 0 aromatic carbocycles. The third-order valence-electron chi connectivity index (χ3n) is 4.05. The molecule has 11 heavy (non-hydrogen) atoms. The van der Waals surface area contributed by atoms with Crippen LogP contribution in [0.25, 0.3) is 0 Å². The Kier molecular flexibility index (Phi) is 2.32. The van der Waals surface area contributed by atoms with Gasteiger partial charge in [0.25, 0.3) is 0 Å². The smallest absolute Gasteiger partial charge is 0.0269 e. The van der Waals surface area contributed by atoms with E-state index in [1.807, 2.05) is 0 Å². The molecule has 0 aliphatic heterocycles. The van der Waals surface area contributed by atoms with Gasteiger partial charge in [-0.2, -0.15) is 0 Å². The van der Waals surface area contributed by atoms with E-state index >= 15 is 0 Å². The highest BCUT2D eigenvalue weighted by Gasteiger charge is 2.48. The topological polar surface area (TPSA) is 0 Å². The second kappa shape index (κ2) is 2.80. The highest BCUT2D eigenvalue weighted by Crippen LogP contribution is 2.56. The molecule has 3 atom stereocenters. The Labute approximate surface area is 71.4 Å². The van der Waals surface area contributed by atoms with E-state index in [-0.39, 0.29) is 0 Å². The molecule has 0 heteroatoms. The quantitative estimate of drug-likeness (QED) is 0.568. The summed E-state index contributed by atoms with van der Waals surface area (Å²) in [6.45, 7) is 11.9. The summed E-state index contributed by atoms with van der Waals surface area (Å²) in [4.78, 5) is 0. The first kappa shape index (κ1) is 9.09. The zero-order valence-electron chi connectivity index (χ0n) is 8.65. The number of hydrogen-bond donors (Lipinski definition) is 0. The second-order valence-electron chi connectivity index (χ2n) is 4.86. The monoisotopic (exact) mass is 154 g/mol. The van der Waals surface area contributed by atoms with Crippen LogP contribution >= 0.6 is 0 Å². The van der Waals surface area contributed by atoms with Crippen LogP contribution in [0.1, 0.15) is 47.5 Å². The molecular formula is C11H22. The van der Waals surface area contributed by atoms with Gasteiger partial charge < -0.3 is 0 Å². The summed E-state index contributed by atoms with van der Waals surface area (Å²) in [7, 11) is 0. The van der Waals surface area contributed by atoms with Gasteiger partial charge in [-0.05, 0) is 29.6 Å². The first-order valence-corrected chi connectivity index (χ1v) is 5.02. The van der Waals surface area contributed by atoms with E-state index in [1.54, 1.807) is 0 Å². The molecule has 66 valence electrons. The summed E-state index contributed by atoms with van der Waals surface area (Å²) in [6, 6.07) is 0. The van der Waals surface area contributed by atoms with E-state index in [1.165, 1.54) is 12.8 Å². The van der Waals surface area contributed by atoms with Crippen molar-refractivity contribution in [3.8, 4) is 0 Å². The van der Waals surface area contributed by atoms with Gasteiger partial charge in [-0.15, -0.1) is 0 Å². The molecule has 0 nitrogen and oxygen atoms in total. The van der Waals surface area contributed by atoms with Crippen molar-refractivity contribution >= 4 is 0 Å². The van der Waals surface area contributed by atoms with Gasteiger partial charge in [0.1, 0.15) is 0 Å². The lowest BCUT2D eigenvalue weighted by atomic mass is 9.50. The molecule has 0 aromatic rings. The molecule has 1 rings (SSSR count). The fourth-order valence-electron chi connectivity index (χ4n) is 3.01. The number of rotatable bonds is 2. The van der Waals surface area contributed by atoms with E-state index in [4.69, 9.17) is 0 Å². The minimum atomic E-state index is 0.661. The average Bonchev–Trinajstić information content (AvgIpc) is 1.87. The van der Waals surface area contributed by atoms with Crippen LogP contribution in [0.2, 0.25) is 0 Å². The Morgan fingerprint density at radius 2 is 2.00 bits per heavy atom. The summed E-state index contributed by atoms with van der Waals surface area (Å²) in [5.74, 6) is 2.83. The predicted octanol–water partition coefficient (Wildman–Crippen LogP) is 3.71. The summed E-state index contributed by atoms with van der Waals surface area (Å²) in [5, 5.41) is 0. The fraction of sp³-hybridized carbons (Fsp3) is 1.00. The lowest BCUT2D eigenvalue weighted by molar-refractivity contribution is -0.0586. The van der Waals surface area contributed by atoms with Gasteiger partial charge in [-0.1, -0.05) is 41.0 Å². The van der Waals surface area contributed by atoms with E-state index < -0.39 is 0 Å². The Morgan fingerprint density at radius 1 is 1.45 bits per heavy atom. The van der Waals surface area contributed by atoms with Gasteiger partial charge in [-0.3, -0.25) is 0 Å². The van der Waals surface area contributed by atoms with Crippen LogP contribution in [0, 0.1) is 23.2 Å². The van der Waals surface area contributed by atoms with Crippen molar-refractivity contribution in [2.24, 2.45) is 23.2 Å². The first-order valence-electron chi connectivity index (χ1n) is 5.02. The molecule has 3 unspecified atom stereocenters. The highest BCUT2D eigenvalue weighted by atomic mass is 14.5. The Bertz CT molecular complexity index is 137. The van der Waals surface area contributed by atoms with Crippen molar-refractivity contribution < 1.29 is 0 Å². The molecule has 0 amide bonds. The maximum Gasteiger partial charge on any atom is -0.0269 e. The van der Waals surface area contributed by atoms with Crippen LogP contribution in [0.4, 0.5) is 0 Å². The van der Waals surface area contributed by atoms with Gasteiger partial charge in [-0.25, -0.2) is 0 Å². The summed E-state index contributed by atoms with van der Waals surface area (Å²) in [5.41, 5.74) is 0.661. The Balaban J connectivity index is 2.61. The van der Waals surface area contributed by atoms with Gasteiger partial charge in [0.2, 0.25) is 0 Å². The van der Waals surface area contributed by atoms with Gasteiger partial charge in [0.15, 0.2) is 0 Å². The van der Waals surface area contributed by atoms with E-state index in [9.17, 15) is 0 Å². The van der Waals surface area contributed by atoms with Crippen molar-refractivity contribution in [1.82, 2.24) is 0 Å². The number of hydrogen-bond acceptors (Lipinski definition) is 0. The third kappa shape index (κ3) is 1.21. The van der Waals surface area contributed by atoms with Crippen LogP contribution < -0.4 is 0 Å². The van der Waals surface area contributed by atoms with E-state index in [0.717, 1.165) is 17.8 Å². The molecule has 0 aromatic heterocycles. The Hall–Kier alpha value is 0. The fourth-order valence-corrected chi connectivity index (χ4v) is 3.01. The van der Waals surface area contributed by atoms with E-state index in [0.29, 0.717) is 5.41 Å². The van der Waals surface area contributed by atoms with Crippen LogP contribution in [0.3, 0.4) is 0 Å². The first-order chi connectivity index (χ1) is 5.02. The molecule has 1 saturated carbocycles. The molecule has 0 saturated heterocycles. The molecular weight excluding hydrogens is 132 g/mol. The largest absolute Gasteiger partial charge is 0.0651 e. The normalized spacial score (nSPS) is 44.2. The molecule has 0 radical (unpaired) electrons. The maximum atomic E-state index is 2.46. The average molecular weight is 154 g/mol. The minimum Gasteiger partial charge on any atom is -0.0651 e. The third-order valence-corrected chi connectivity index (χ3v) is 4.05. The van der Waals surface area contributed by atoms with Crippen molar-refractivity contribution in [2.75, 3.05) is 0 Å². The van der Waals surface area contributed by atoms with Crippen LogP contribution in [0.15, 0.2) is 0 Å². The SMILES string of the molecule is CCC1C(C)CC1(C)C(C)C. The summed E-state index contributed by atoms with van der Waals surface area (Å²) in [6.07, 6.45) is 2.82. The second-order valence-corrected chi connectivity index (χ2v) is 4.86. The molecule has 1 aliphatic rings. The minimum absolute atomic E-state index is 0.661. The van der Waals surface area contributed by atoms with Crippen molar-refractivity contribution in [3.63, 3.8) is 0 Å². The van der Waals surface area contributed by atoms with Gasteiger partial charge in [0, 0.05) is 0 Å². The molecule has 1 fully saturated rings. The molecule has 1 aliphatic carbocycles. The predicted molar refractivity (Wildman–Crippen MR) is 50.5 cm³/mol. The molecule has 0 spiro atoms. The molecule has 0 bridgehead atoms.